The summed E-state index contributed by atoms with van der Waals surface area (Å²) >= 11 is 6.06. The molecule has 0 saturated heterocycles. The SMILES string of the molecule is Cn1c(=O)[nH]c(=O)c2c1nc(N/N=C/c1ccccc1Cl)n2CC(O)CO. The van der Waals surface area contributed by atoms with Crippen molar-refractivity contribution in [1.29, 1.82) is 0 Å². The topological polar surface area (TPSA) is 138 Å². The number of benzene rings is 1. The number of fused-ring (bicyclic) bond motifs is 1. The number of hydrogen-bond donors (Lipinski definition) is 4. The summed E-state index contributed by atoms with van der Waals surface area (Å²) in [6.07, 6.45) is 0.338. The van der Waals surface area contributed by atoms with Gasteiger partial charge in [0.25, 0.3) is 5.56 Å². The minimum atomic E-state index is -1.13. The van der Waals surface area contributed by atoms with Gasteiger partial charge in [-0.25, -0.2) is 10.2 Å². The number of rotatable bonds is 6. The number of H-pyrrole nitrogens is 1. The highest BCUT2D eigenvalue weighted by Gasteiger charge is 2.19. The second-order valence-electron chi connectivity index (χ2n) is 5.76. The van der Waals surface area contributed by atoms with E-state index in [-0.39, 0.29) is 23.7 Å². The van der Waals surface area contributed by atoms with Gasteiger partial charge in [0.15, 0.2) is 11.2 Å². The molecule has 0 saturated carbocycles. The van der Waals surface area contributed by atoms with Crippen LogP contribution in [0, 0.1) is 0 Å². The summed E-state index contributed by atoms with van der Waals surface area (Å²) in [6.45, 7) is -0.635. The van der Waals surface area contributed by atoms with Gasteiger partial charge in [0, 0.05) is 17.6 Å². The van der Waals surface area contributed by atoms with Crippen molar-refractivity contribution in [2.24, 2.45) is 12.1 Å². The molecule has 3 aromatic rings. The van der Waals surface area contributed by atoms with Crippen LogP contribution in [0.1, 0.15) is 5.56 Å². The van der Waals surface area contributed by atoms with Crippen LogP contribution in [-0.4, -0.2) is 48.2 Å². The Morgan fingerprint density at radius 2 is 2.15 bits per heavy atom. The lowest BCUT2D eigenvalue weighted by molar-refractivity contribution is 0.0825. The Labute approximate surface area is 157 Å². The number of hydrogen-bond acceptors (Lipinski definition) is 7. The summed E-state index contributed by atoms with van der Waals surface area (Å²) < 4.78 is 2.51. The van der Waals surface area contributed by atoms with E-state index in [2.05, 4.69) is 20.5 Å². The average molecular weight is 393 g/mol. The molecule has 2 heterocycles. The van der Waals surface area contributed by atoms with E-state index in [0.29, 0.717) is 10.6 Å². The molecule has 4 N–H and O–H groups in total. The number of aliphatic hydroxyl groups excluding tert-OH is 2. The van der Waals surface area contributed by atoms with E-state index in [1.165, 1.54) is 22.4 Å². The molecule has 11 heteroatoms. The molecule has 0 spiro atoms. The first-order valence-electron chi connectivity index (χ1n) is 7.94. The van der Waals surface area contributed by atoms with Crippen molar-refractivity contribution in [2.45, 2.75) is 12.6 Å². The van der Waals surface area contributed by atoms with Gasteiger partial charge in [-0.1, -0.05) is 29.8 Å². The molecular formula is C16H17ClN6O4. The number of aliphatic hydroxyl groups is 2. The number of hydrazone groups is 1. The van der Waals surface area contributed by atoms with E-state index in [9.17, 15) is 14.7 Å². The summed E-state index contributed by atoms with van der Waals surface area (Å²) in [7, 11) is 1.46. The molecular weight excluding hydrogens is 376 g/mol. The molecule has 3 rings (SSSR count). The van der Waals surface area contributed by atoms with Crippen LogP contribution in [0.5, 0.6) is 0 Å². The molecule has 0 bridgehead atoms. The molecule has 1 unspecified atom stereocenters. The Kier molecular flexibility index (Phi) is 5.40. The summed E-state index contributed by atoms with van der Waals surface area (Å²) in [5, 5.41) is 23.5. The van der Waals surface area contributed by atoms with Crippen LogP contribution in [0.25, 0.3) is 11.2 Å². The number of aryl methyl sites for hydroxylation is 1. The molecule has 10 nitrogen and oxygen atoms in total. The number of halogens is 1. The van der Waals surface area contributed by atoms with E-state index >= 15 is 0 Å². The van der Waals surface area contributed by atoms with Crippen molar-refractivity contribution in [3.63, 3.8) is 0 Å². The normalized spacial score (nSPS) is 12.7. The summed E-state index contributed by atoms with van der Waals surface area (Å²) in [5.41, 5.74) is 2.25. The van der Waals surface area contributed by atoms with Gasteiger partial charge in [0.05, 0.1) is 25.5 Å². The molecule has 1 aromatic carbocycles. The zero-order valence-corrected chi connectivity index (χ0v) is 15.0. The second-order valence-corrected chi connectivity index (χ2v) is 6.17. The van der Waals surface area contributed by atoms with Crippen LogP contribution >= 0.6 is 11.6 Å². The monoisotopic (exact) mass is 392 g/mol. The van der Waals surface area contributed by atoms with Crippen LogP contribution in [-0.2, 0) is 13.6 Å². The van der Waals surface area contributed by atoms with Crippen LogP contribution in [0.4, 0.5) is 5.95 Å². The maximum absolute atomic E-state index is 12.2. The van der Waals surface area contributed by atoms with Crippen molar-refractivity contribution in [3.05, 3.63) is 55.7 Å². The van der Waals surface area contributed by atoms with Gasteiger partial charge in [-0.15, -0.1) is 0 Å². The minimum Gasteiger partial charge on any atom is -0.394 e. The highest BCUT2D eigenvalue weighted by molar-refractivity contribution is 6.33. The lowest BCUT2D eigenvalue weighted by Crippen LogP contribution is -2.30. The highest BCUT2D eigenvalue weighted by Crippen LogP contribution is 2.17. The van der Waals surface area contributed by atoms with Crippen LogP contribution in [0.3, 0.4) is 0 Å². The molecule has 0 amide bonds. The molecule has 0 radical (unpaired) electrons. The van der Waals surface area contributed by atoms with Crippen molar-refractivity contribution < 1.29 is 10.2 Å². The summed E-state index contributed by atoms with van der Waals surface area (Å²) in [5.74, 6) is 0.118. The smallest absolute Gasteiger partial charge is 0.329 e. The first-order valence-corrected chi connectivity index (χ1v) is 8.32. The fourth-order valence-corrected chi connectivity index (χ4v) is 2.69. The molecule has 0 aliphatic rings. The standard InChI is InChI=1S/C16H17ClN6O4/c1-22-13-12(14(26)20-16(22)27)23(7-10(25)8-24)15(19-13)21-18-6-9-4-2-3-5-11(9)17/h2-6,10,24-25H,7-8H2,1H3,(H,19,21)(H,20,26,27)/b18-6+. The Bertz CT molecular complexity index is 1120. The number of nitrogens with zero attached hydrogens (tertiary/aromatic N) is 4. The lowest BCUT2D eigenvalue weighted by Gasteiger charge is -2.11. The van der Waals surface area contributed by atoms with Crippen LogP contribution in [0.2, 0.25) is 5.02 Å². The first-order chi connectivity index (χ1) is 12.9. The molecule has 0 fully saturated rings. The van der Waals surface area contributed by atoms with Crippen LogP contribution < -0.4 is 16.7 Å². The van der Waals surface area contributed by atoms with Gasteiger partial charge in [-0.05, 0) is 6.07 Å². The Morgan fingerprint density at radius 3 is 2.85 bits per heavy atom. The number of aromatic nitrogens is 4. The predicted molar refractivity (Wildman–Crippen MR) is 101 cm³/mol. The molecule has 0 aliphatic heterocycles. The number of imidazole rings is 1. The number of anilines is 1. The fourth-order valence-electron chi connectivity index (χ4n) is 2.51. The second kappa shape index (κ2) is 7.74. The molecule has 2 aromatic heterocycles. The zero-order valence-electron chi connectivity index (χ0n) is 14.3. The van der Waals surface area contributed by atoms with E-state index in [1.54, 1.807) is 24.3 Å². The van der Waals surface area contributed by atoms with Gasteiger partial charge < -0.3 is 14.8 Å². The Balaban J connectivity index is 2.06. The Hall–Kier alpha value is -2.95. The maximum atomic E-state index is 12.2. The number of aromatic amines is 1. The third kappa shape index (κ3) is 3.77. The van der Waals surface area contributed by atoms with Crippen molar-refractivity contribution in [3.8, 4) is 0 Å². The van der Waals surface area contributed by atoms with Crippen LogP contribution in [0.15, 0.2) is 39.0 Å². The highest BCUT2D eigenvalue weighted by atomic mass is 35.5. The molecule has 142 valence electrons. The van der Waals surface area contributed by atoms with Gasteiger partial charge in [0.2, 0.25) is 5.95 Å². The quantitative estimate of drug-likeness (QED) is 0.341. The average Bonchev–Trinajstić information content (AvgIpc) is 3.00. The minimum absolute atomic E-state index is 0.0695. The predicted octanol–water partition coefficient (Wildman–Crippen LogP) is -0.124. The van der Waals surface area contributed by atoms with Gasteiger partial charge in [-0.3, -0.25) is 14.3 Å². The van der Waals surface area contributed by atoms with E-state index in [1.807, 2.05) is 0 Å². The first kappa shape index (κ1) is 18.8. The summed E-state index contributed by atoms with van der Waals surface area (Å²) in [6, 6.07) is 7.07. The number of nitrogens with one attached hydrogen (secondary N) is 2. The molecule has 0 aliphatic carbocycles. The van der Waals surface area contributed by atoms with E-state index in [4.69, 9.17) is 16.7 Å². The summed E-state index contributed by atoms with van der Waals surface area (Å²) in [4.78, 5) is 30.4. The van der Waals surface area contributed by atoms with Gasteiger partial charge in [0.1, 0.15) is 0 Å². The Morgan fingerprint density at radius 1 is 1.41 bits per heavy atom. The molecule has 27 heavy (non-hydrogen) atoms. The maximum Gasteiger partial charge on any atom is 0.329 e. The van der Waals surface area contributed by atoms with E-state index < -0.39 is 24.0 Å². The fraction of sp³-hybridized carbons (Fsp3) is 0.250. The largest absolute Gasteiger partial charge is 0.394 e. The van der Waals surface area contributed by atoms with Crippen molar-refractivity contribution >= 4 is 34.9 Å². The zero-order chi connectivity index (χ0) is 19.6. The third-order valence-corrected chi connectivity index (χ3v) is 4.23. The van der Waals surface area contributed by atoms with Crippen molar-refractivity contribution in [1.82, 2.24) is 19.1 Å². The van der Waals surface area contributed by atoms with Gasteiger partial charge in [-0.2, -0.15) is 10.1 Å². The van der Waals surface area contributed by atoms with Gasteiger partial charge >= 0.3 is 5.69 Å². The molecule has 1 atom stereocenters. The van der Waals surface area contributed by atoms with Crippen molar-refractivity contribution in [2.75, 3.05) is 12.0 Å². The lowest BCUT2D eigenvalue weighted by atomic mass is 10.2. The third-order valence-electron chi connectivity index (χ3n) is 3.88. The van der Waals surface area contributed by atoms with E-state index in [0.717, 1.165) is 0 Å².